The van der Waals surface area contributed by atoms with E-state index < -0.39 is 5.67 Å². The normalized spacial score (nSPS) is 38.1. The van der Waals surface area contributed by atoms with Gasteiger partial charge in [0, 0.05) is 13.2 Å². The molecular weight excluding hydrogens is 157 g/mol. The predicted octanol–water partition coefficient (Wildman–Crippen LogP) is 0.477. The first kappa shape index (κ1) is 10.1. The van der Waals surface area contributed by atoms with Crippen LogP contribution in [0, 0.1) is 5.92 Å². The summed E-state index contributed by atoms with van der Waals surface area (Å²) in [6.45, 7) is 0.204. The molecule has 2 nitrogen and oxygen atoms in total. The zero-order chi connectivity index (χ0) is 6.91. The van der Waals surface area contributed by atoms with Crippen molar-refractivity contribution in [2.24, 2.45) is 11.7 Å². The summed E-state index contributed by atoms with van der Waals surface area (Å²) >= 11 is 0. The van der Waals surface area contributed by atoms with Gasteiger partial charge < -0.3 is 10.8 Å². The summed E-state index contributed by atoms with van der Waals surface area (Å²) in [7, 11) is 0. The Balaban J connectivity index is 0.000000810. The quantitative estimate of drug-likeness (QED) is 0.632. The third kappa shape index (κ3) is 1.81. The standard InChI is InChI=1S/C6H12FNO.ClH/c7-6(4-8)1-5(2-6)3-9;/h5,9H,1-4,8H2;1H. The minimum atomic E-state index is -1.15. The van der Waals surface area contributed by atoms with E-state index in [9.17, 15) is 4.39 Å². The smallest absolute Gasteiger partial charge is 0.123 e. The molecule has 10 heavy (non-hydrogen) atoms. The van der Waals surface area contributed by atoms with E-state index in [0.29, 0.717) is 12.8 Å². The van der Waals surface area contributed by atoms with Crippen molar-refractivity contribution in [3.05, 3.63) is 0 Å². The Morgan fingerprint density at radius 1 is 1.60 bits per heavy atom. The van der Waals surface area contributed by atoms with E-state index in [2.05, 4.69) is 0 Å². The molecular formula is C6H13ClFNO. The SMILES string of the molecule is Cl.NCC1(F)CC(CO)C1. The van der Waals surface area contributed by atoms with Gasteiger partial charge >= 0.3 is 0 Å². The molecule has 3 N–H and O–H groups in total. The van der Waals surface area contributed by atoms with Gasteiger partial charge in [0.15, 0.2) is 0 Å². The average Bonchev–Trinajstić information content (AvgIpc) is 1.81. The molecule has 0 bridgehead atoms. The number of hydrogen-bond acceptors (Lipinski definition) is 2. The molecule has 1 rings (SSSR count). The Hall–Kier alpha value is 0.140. The highest BCUT2D eigenvalue weighted by atomic mass is 35.5. The van der Waals surface area contributed by atoms with Gasteiger partial charge in [-0.3, -0.25) is 0 Å². The number of nitrogens with two attached hydrogens (primary N) is 1. The van der Waals surface area contributed by atoms with Crippen molar-refractivity contribution in [1.29, 1.82) is 0 Å². The lowest BCUT2D eigenvalue weighted by Crippen LogP contribution is -2.46. The fourth-order valence-electron chi connectivity index (χ4n) is 1.27. The van der Waals surface area contributed by atoms with Gasteiger partial charge in [0.05, 0.1) is 0 Å². The van der Waals surface area contributed by atoms with Crippen molar-refractivity contribution in [1.82, 2.24) is 0 Å². The van der Waals surface area contributed by atoms with Crippen molar-refractivity contribution in [2.75, 3.05) is 13.2 Å². The molecule has 0 aliphatic heterocycles. The molecule has 0 radical (unpaired) electrons. The van der Waals surface area contributed by atoms with Gasteiger partial charge in [0.25, 0.3) is 0 Å². The molecule has 4 heteroatoms. The fourth-order valence-corrected chi connectivity index (χ4v) is 1.27. The van der Waals surface area contributed by atoms with Crippen LogP contribution < -0.4 is 5.73 Å². The van der Waals surface area contributed by atoms with Crippen LogP contribution in [0.15, 0.2) is 0 Å². The Labute approximate surface area is 66.0 Å². The van der Waals surface area contributed by atoms with Crippen LogP contribution in [0.1, 0.15) is 12.8 Å². The molecule has 1 saturated carbocycles. The molecule has 0 unspecified atom stereocenters. The number of halogens is 2. The largest absolute Gasteiger partial charge is 0.396 e. The summed E-state index contributed by atoms with van der Waals surface area (Å²) < 4.78 is 12.8. The number of aliphatic hydroxyl groups excluding tert-OH is 1. The third-order valence-electron chi connectivity index (χ3n) is 1.93. The molecule has 1 fully saturated rings. The zero-order valence-electron chi connectivity index (χ0n) is 5.72. The van der Waals surface area contributed by atoms with Crippen molar-refractivity contribution >= 4 is 12.4 Å². The van der Waals surface area contributed by atoms with Crippen molar-refractivity contribution in [3.63, 3.8) is 0 Å². The highest BCUT2D eigenvalue weighted by molar-refractivity contribution is 5.85. The molecule has 0 aromatic heterocycles. The van der Waals surface area contributed by atoms with Crippen LogP contribution in [-0.4, -0.2) is 23.9 Å². The first-order valence-electron chi connectivity index (χ1n) is 3.20. The molecule has 0 heterocycles. The first-order valence-corrected chi connectivity index (χ1v) is 3.20. The van der Waals surface area contributed by atoms with Gasteiger partial charge in [-0.1, -0.05) is 0 Å². The summed E-state index contributed by atoms with van der Waals surface area (Å²) in [5.74, 6) is 0.165. The summed E-state index contributed by atoms with van der Waals surface area (Å²) in [4.78, 5) is 0. The fraction of sp³-hybridized carbons (Fsp3) is 1.00. The van der Waals surface area contributed by atoms with Gasteiger partial charge in [-0.05, 0) is 18.8 Å². The molecule has 0 aromatic carbocycles. The van der Waals surface area contributed by atoms with Crippen LogP contribution in [0.2, 0.25) is 0 Å². The average molecular weight is 170 g/mol. The summed E-state index contributed by atoms with van der Waals surface area (Å²) in [6.07, 6.45) is 0.889. The van der Waals surface area contributed by atoms with Gasteiger partial charge in [0.2, 0.25) is 0 Å². The second kappa shape index (κ2) is 3.51. The number of hydrogen-bond donors (Lipinski definition) is 2. The Kier molecular flexibility index (Phi) is 3.56. The van der Waals surface area contributed by atoms with Gasteiger partial charge in [-0.25, -0.2) is 4.39 Å². The number of rotatable bonds is 2. The van der Waals surface area contributed by atoms with Crippen molar-refractivity contribution < 1.29 is 9.50 Å². The van der Waals surface area contributed by atoms with E-state index in [0.717, 1.165) is 0 Å². The van der Waals surface area contributed by atoms with E-state index in [1.807, 2.05) is 0 Å². The van der Waals surface area contributed by atoms with Crippen LogP contribution in [-0.2, 0) is 0 Å². The van der Waals surface area contributed by atoms with Crippen LogP contribution >= 0.6 is 12.4 Å². The molecule has 0 amide bonds. The molecule has 0 aromatic rings. The van der Waals surface area contributed by atoms with E-state index in [1.54, 1.807) is 0 Å². The monoisotopic (exact) mass is 169 g/mol. The summed E-state index contributed by atoms with van der Waals surface area (Å²) in [5, 5.41) is 8.51. The number of alkyl halides is 1. The summed E-state index contributed by atoms with van der Waals surface area (Å²) in [6, 6.07) is 0. The molecule has 0 saturated heterocycles. The van der Waals surface area contributed by atoms with Crippen LogP contribution in [0.3, 0.4) is 0 Å². The number of aliphatic hydroxyl groups is 1. The summed E-state index contributed by atoms with van der Waals surface area (Å²) in [5.41, 5.74) is 3.98. The minimum absolute atomic E-state index is 0. The van der Waals surface area contributed by atoms with Crippen LogP contribution in [0.25, 0.3) is 0 Å². The highest BCUT2D eigenvalue weighted by Crippen LogP contribution is 2.39. The highest BCUT2D eigenvalue weighted by Gasteiger charge is 2.42. The molecule has 1 aliphatic rings. The van der Waals surface area contributed by atoms with E-state index in [1.165, 1.54) is 0 Å². The molecule has 0 atom stereocenters. The Bertz CT molecular complexity index is 106. The van der Waals surface area contributed by atoms with Crippen molar-refractivity contribution in [2.45, 2.75) is 18.5 Å². The molecule has 62 valence electrons. The second-order valence-electron chi connectivity index (χ2n) is 2.81. The van der Waals surface area contributed by atoms with Gasteiger partial charge in [-0.2, -0.15) is 0 Å². The van der Waals surface area contributed by atoms with E-state index >= 15 is 0 Å². The van der Waals surface area contributed by atoms with E-state index in [4.69, 9.17) is 10.8 Å². The zero-order valence-corrected chi connectivity index (χ0v) is 6.53. The predicted molar refractivity (Wildman–Crippen MR) is 40.0 cm³/mol. The molecule has 1 aliphatic carbocycles. The van der Waals surface area contributed by atoms with Gasteiger partial charge in [0.1, 0.15) is 5.67 Å². The Morgan fingerprint density at radius 2 is 2.10 bits per heavy atom. The second-order valence-corrected chi connectivity index (χ2v) is 2.81. The van der Waals surface area contributed by atoms with Crippen molar-refractivity contribution in [3.8, 4) is 0 Å². The lowest BCUT2D eigenvalue weighted by molar-refractivity contribution is -0.0107. The lowest BCUT2D eigenvalue weighted by Gasteiger charge is -2.39. The maximum atomic E-state index is 12.8. The Morgan fingerprint density at radius 3 is 2.40 bits per heavy atom. The van der Waals surface area contributed by atoms with Crippen LogP contribution in [0.5, 0.6) is 0 Å². The third-order valence-corrected chi connectivity index (χ3v) is 1.93. The first-order chi connectivity index (χ1) is 4.20. The van der Waals surface area contributed by atoms with Crippen LogP contribution in [0.4, 0.5) is 4.39 Å². The maximum absolute atomic E-state index is 12.8. The lowest BCUT2D eigenvalue weighted by atomic mass is 9.73. The van der Waals surface area contributed by atoms with Gasteiger partial charge in [-0.15, -0.1) is 12.4 Å². The topological polar surface area (TPSA) is 46.2 Å². The van der Waals surface area contributed by atoms with E-state index in [-0.39, 0.29) is 31.5 Å². The maximum Gasteiger partial charge on any atom is 0.123 e. The molecule has 0 spiro atoms. The minimum Gasteiger partial charge on any atom is -0.396 e.